The van der Waals surface area contributed by atoms with Crippen molar-refractivity contribution in [1.29, 1.82) is 0 Å². The van der Waals surface area contributed by atoms with Gasteiger partial charge in [0.05, 0.1) is 4.47 Å². The van der Waals surface area contributed by atoms with Crippen LogP contribution in [-0.2, 0) is 0 Å². The Kier molecular flexibility index (Phi) is 5.32. The normalized spacial score (nSPS) is 19.6. The van der Waals surface area contributed by atoms with E-state index in [2.05, 4.69) is 34.4 Å². The van der Waals surface area contributed by atoms with Crippen molar-refractivity contribution in [3.63, 3.8) is 0 Å². The van der Waals surface area contributed by atoms with Crippen LogP contribution in [0.1, 0.15) is 44.2 Å². The minimum Gasteiger partial charge on any atom is -0.309 e. The molecule has 1 fully saturated rings. The van der Waals surface area contributed by atoms with E-state index in [1.165, 1.54) is 31.7 Å². The van der Waals surface area contributed by atoms with Gasteiger partial charge >= 0.3 is 0 Å². The van der Waals surface area contributed by atoms with Crippen LogP contribution >= 0.6 is 27.7 Å². The lowest BCUT2D eigenvalue weighted by molar-refractivity contribution is 0.486. The molecule has 1 N–H and O–H groups in total. The Morgan fingerprint density at radius 3 is 2.68 bits per heavy atom. The van der Waals surface area contributed by atoms with Gasteiger partial charge in [-0.25, -0.2) is 4.39 Å². The van der Waals surface area contributed by atoms with Crippen molar-refractivity contribution in [2.45, 2.75) is 43.4 Å². The second-order valence-electron chi connectivity index (χ2n) is 5.37. The lowest BCUT2D eigenvalue weighted by Gasteiger charge is -2.29. The molecule has 4 heteroatoms. The van der Waals surface area contributed by atoms with Crippen LogP contribution in [0.4, 0.5) is 4.39 Å². The largest absolute Gasteiger partial charge is 0.309 e. The van der Waals surface area contributed by atoms with Crippen LogP contribution in [-0.4, -0.2) is 17.5 Å². The molecule has 0 saturated heterocycles. The molecule has 0 aliphatic heterocycles. The summed E-state index contributed by atoms with van der Waals surface area (Å²) >= 11 is 5.24. The van der Waals surface area contributed by atoms with Gasteiger partial charge in [-0.15, -0.1) is 0 Å². The van der Waals surface area contributed by atoms with E-state index in [1.54, 1.807) is 0 Å². The molecule has 0 radical (unpaired) electrons. The third-order valence-corrected chi connectivity index (χ3v) is 6.15. The van der Waals surface area contributed by atoms with Gasteiger partial charge < -0.3 is 5.32 Å². The van der Waals surface area contributed by atoms with Gasteiger partial charge in [0, 0.05) is 17.3 Å². The number of rotatable bonds is 5. The third kappa shape index (κ3) is 3.73. The number of thioether (sulfide) groups is 1. The van der Waals surface area contributed by atoms with Crippen molar-refractivity contribution in [3.8, 4) is 0 Å². The minimum atomic E-state index is -0.202. The fourth-order valence-electron chi connectivity index (χ4n) is 2.71. The monoisotopic (exact) mass is 345 g/mol. The van der Waals surface area contributed by atoms with E-state index >= 15 is 0 Å². The smallest absolute Gasteiger partial charge is 0.137 e. The summed E-state index contributed by atoms with van der Waals surface area (Å²) in [6.45, 7) is 3.17. The van der Waals surface area contributed by atoms with E-state index in [9.17, 15) is 4.39 Å². The van der Waals surface area contributed by atoms with Gasteiger partial charge in [-0.3, -0.25) is 0 Å². The first-order valence-electron chi connectivity index (χ1n) is 6.80. The zero-order chi connectivity index (χ0) is 13.9. The highest BCUT2D eigenvalue weighted by atomic mass is 79.9. The molecule has 19 heavy (non-hydrogen) atoms. The number of nitrogens with one attached hydrogen (secondary N) is 1. The summed E-state index contributed by atoms with van der Waals surface area (Å²) in [7, 11) is 0. The molecule has 1 aliphatic rings. The molecule has 0 bridgehead atoms. The van der Waals surface area contributed by atoms with Crippen molar-refractivity contribution >= 4 is 27.7 Å². The first kappa shape index (κ1) is 15.3. The van der Waals surface area contributed by atoms with E-state index < -0.39 is 0 Å². The van der Waals surface area contributed by atoms with Gasteiger partial charge in [0.25, 0.3) is 0 Å². The predicted molar refractivity (Wildman–Crippen MR) is 85.2 cm³/mol. The van der Waals surface area contributed by atoms with Crippen LogP contribution in [0.15, 0.2) is 22.7 Å². The fraction of sp³-hybridized carbons (Fsp3) is 0.600. The number of hydrogen-bond donors (Lipinski definition) is 1. The number of hydrogen-bond acceptors (Lipinski definition) is 2. The average Bonchev–Trinajstić information content (AvgIpc) is 2.89. The maximum Gasteiger partial charge on any atom is 0.137 e. The van der Waals surface area contributed by atoms with Crippen LogP contribution in [0.5, 0.6) is 0 Å². The number of benzene rings is 1. The molecular formula is C15H21BrFNS. The van der Waals surface area contributed by atoms with Gasteiger partial charge in [-0.1, -0.05) is 18.9 Å². The van der Waals surface area contributed by atoms with Gasteiger partial charge in [-0.2, -0.15) is 11.8 Å². The maximum absolute atomic E-state index is 13.2. The molecule has 1 atom stereocenters. The van der Waals surface area contributed by atoms with Crippen molar-refractivity contribution in [1.82, 2.24) is 5.32 Å². The van der Waals surface area contributed by atoms with E-state index in [0.29, 0.717) is 9.22 Å². The summed E-state index contributed by atoms with van der Waals surface area (Å²) in [5, 5.41) is 3.62. The molecule has 1 aliphatic carbocycles. The van der Waals surface area contributed by atoms with Crippen LogP contribution < -0.4 is 5.32 Å². The highest BCUT2D eigenvalue weighted by Crippen LogP contribution is 2.40. The minimum absolute atomic E-state index is 0.202. The molecule has 0 spiro atoms. The van der Waals surface area contributed by atoms with Crippen LogP contribution in [0.25, 0.3) is 0 Å². The Bertz CT molecular complexity index is 432. The second-order valence-corrected chi connectivity index (χ2v) is 7.50. The lowest BCUT2D eigenvalue weighted by Crippen LogP contribution is -2.36. The van der Waals surface area contributed by atoms with Crippen LogP contribution in [0, 0.1) is 5.82 Å². The summed E-state index contributed by atoms with van der Waals surface area (Å²) in [6, 6.07) is 5.50. The van der Waals surface area contributed by atoms with Gasteiger partial charge in [0.1, 0.15) is 5.82 Å². The van der Waals surface area contributed by atoms with Crippen molar-refractivity contribution in [2.75, 3.05) is 12.8 Å². The molecular weight excluding hydrogens is 325 g/mol. The summed E-state index contributed by atoms with van der Waals surface area (Å²) < 4.78 is 14.2. The Morgan fingerprint density at radius 1 is 1.42 bits per heavy atom. The third-order valence-electron chi connectivity index (χ3n) is 4.12. The average molecular weight is 346 g/mol. The predicted octanol–water partition coefficient (Wildman–Crippen LogP) is 4.91. The van der Waals surface area contributed by atoms with Gasteiger partial charge in [0.2, 0.25) is 0 Å². The molecule has 1 aromatic rings. The van der Waals surface area contributed by atoms with Crippen molar-refractivity contribution < 1.29 is 4.39 Å². The summed E-state index contributed by atoms with van der Waals surface area (Å²) in [4.78, 5) is 0. The Hall–Kier alpha value is -0.0600. The summed E-state index contributed by atoms with van der Waals surface area (Å²) in [6.07, 6.45) is 7.52. The fourth-order valence-corrected chi connectivity index (χ4v) is 4.03. The standard InChI is InChI=1S/C15H21BrFNS/c1-11(12-5-6-14(17)13(16)9-12)18-10-15(19-2)7-3-4-8-15/h5-6,9,11,18H,3-4,7-8,10H2,1-2H3. The second kappa shape index (κ2) is 6.59. The maximum atomic E-state index is 13.2. The summed E-state index contributed by atoms with van der Waals surface area (Å²) in [5.41, 5.74) is 1.13. The molecule has 2 rings (SSSR count). The Balaban J connectivity index is 1.96. The summed E-state index contributed by atoms with van der Waals surface area (Å²) in [5.74, 6) is -0.202. The molecule has 1 nitrogen and oxygen atoms in total. The van der Waals surface area contributed by atoms with Gasteiger partial charge in [0.15, 0.2) is 0 Å². The molecule has 1 unspecified atom stereocenters. The highest BCUT2D eigenvalue weighted by Gasteiger charge is 2.32. The Labute approximate surface area is 127 Å². The first-order chi connectivity index (χ1) is 9.06. The highest BCUT2D eigenvalue weighted by molar-refractivity contribution is 9.10. The van der Waals surface area contributed by atoms with Gasteiger partial charge in [-0.05, 0) is 59.6 Å². The van der Waals surface area contributed by atoms with E-state index in [-0.39, 0.29) is 11.9 Å². The molecule has 0 amide bonds. The van der Waals surface area contributed by atoms with Crippen molar-refractivity contribution in [3.05, 3.63) is 34.1 Å². The topological polar surface area (TPSA) is 12.0 Å². The van der Waals surface area contributed by atoms with Crippen LogP contribution in [0.3, 0.4) is 0 Å². The quantitative estimate of drug-likeness (QED) is 0.813. The Morgan fingerprint density at radius 2 is 2.11 bits per heavy atom. The van der Waals surface area contributed by atoms with E-state index in [1.807, 2.05) is 23.9 Å². The molecule has 0 heterocycles. The molecule has 1 saturated carbocycles. The first-order valence-corrected chi connectivity index (χ1v) is 8.82. The molecule has 1 aromatic carbocycles. The number of halogens is 2. The SMILES string of the molecule is CSC1(CNC(C)c2ccc(F)c(Br)c2)CCCC1. The molecule has 0 aromatic heterocycles. The van der Waals surface area contributed by atoms with Crippen LogP contribution in [0.2, 0.25) is 0 Å². The zero-order valence-electron chi connectivity index (χ0n) is 11.5. The van der Waals surface area contributed by atoms with E-state index in [0.717, 1.165) is 12.1 Å². The van der Waals surface area contributed by atoms with E-state index in [4.69, 9.17) is 0 Å². The zero-order valence-corrected chi connectivity index (χ0v) is 13.9. The molecule has 106 valence electrons. The van der Waals surface area contributed by atoms with Crippen molar-refractivity contribution in [2.24, 2.45) is 0 Å². The lowest BCUT2D eigenvalue weighted by atomic mass is 10.0.